The van der Waals surface area contributed by atoms with Gasteiger partial charge in [-0.3, -0.25) is 4.90 Å². The van der Waals surface area contributed by atoms with Crippen LogP contribution < -0.4 is 19.7 Å². The molecule has 1 saturated heterocycles. The van der Waals surface area contributed by atoms with Gasteiger partial charge in [0.15, 0.2) is 11.5 Å². The Morgan fingerprint density at radius 3 is 2.89 bits per heavy atom. The van der Waals surface area contributed by atoms with Crippen LogP contribution in [0.5, 0.6) is 11.5 Å². The number of hydrogen-bond donors (Lipinski definition) is 1. The van der Waals surface area contributed by atoms with Gasteiger partial charge in [0.1, 0.15) is 19.0 Å². The lowest BCUT2D eigenvalue weighted by atomic mass is 10.0. The highest BCUT2D eigenvalue weighted by molar-refractivity contribution is 5.44. The highest BCUT2D eigenvalue weighted by Crippen LogP contribution is 2.31. The molecule has 2 aromatic rings. The molecule has 2 aliphatic rings. The Morgan fingerprint density at radius 2 is 2.04 bits per heavy atom. The smallest absolute Gasteiger partial charge is 0.224 e. The van der Waals surface area contributed by atoms with Gasteiger partial charge in [0.25, 0.3) is 0 Å². The summed E-state index contributed by atoms with van der Waals surface area (Å²) in [5.41, 5.74) is 1.26. The van der Waals surface area contributed by atoms with E-state index in [1.165, 1.54) is 5.56 Å². The number of benzene rings is 1. The molecule has 1 unspecified atom stereocenters. The SMILES string of the molecule is CN(C)c1ccnc(NC2CCCN(Cc3ccc4c(c3)OCCO4)C2)n1. The lowest BCUT2D eigenvalue weighted by Gasteiger charge is -2.33. The second-order valence-electron chi connectivity index (χ2n) is 7.33. The average molecular weight is 369 g/mol. The van der Waals surface area contributed by atoms with Crippen molar-refractivity contribution in [2.75, 3.05) is 50.6 Å². The van der Waals surface area contributed by atoms with Gasteiger partial charge < -0.3 is 19.7 Å². The van der Waals surface area contributed by atoms with E-state index in [1.807, 2.05) is 31.1 Å². The topological polar surface area (TPSA) is 62.8 Å². The predicted molar refractivity (Wildman–Crippen MR) is 106 cm³/mol. The molecule has 1 N–H and O–H groups in total. The van der Waals surface area contributed by atoms with Crippen LogP contribution in [0.25, 0.3) is 0 Å². The monoisotopic (exact) mass is 369 g/mol. The first-order valence-corrected chi connectivity index (χ1v) is 9.55. The van der Waals surface area contributed by atoms with E-state index >= 15 is 0 Å². The van der Waals surface area contributed by atoms with Gasteiger partial charge in [-0.15, -0.1) is 0 Å². The molecule has 2 aliphatic heterocycles. The maximum absolute atomic E-state index is 5.71. The number of fused-ring (bicyclic) bond motifs is 1. The summed E-state index contributed by atoms with van der Waals surface area (Å²) < 4.78 is 11.3. The maximum atomic E-state index is 5.71. The summed E-state index contributed by atoms with van der Waals surface area (Å²) in [5.74, 6) is 3.32. The molecule has 7 nitrogen and oxygen atoms in total. The molecule has 4 rings (SSSR count). The Hall–Kier alpha value is -2.54. The standard InChI is InChI=1S/C20H27N5O2/c1-24(2)19-7-8-21-20(23-19)22-16-4-3-9-25(14-16)13-15-5-6-17-18(12-15)27-11-10-26-17/h5-8,12,16H,3-4,9-11,13-14H2,1-2H3,(H,21,22,23). The fraction of sp³-hybridized carbons (Fsp3) is 0.500. The van der Waals surface area contributed by atoms with E-state index < -0.39 is 0 Å². The van der Waals surface area contributed by atoms with Crippen molar-refractivity contribution in [2.45, 2.75) is 25.4 Å². The molecular weight excluding hydrogens is 342 g/mol. The van der Waals surface area contributed by atoms with Gasteiger partial charge in [-0.05, 0) is 43.1 Å². The van der Waals surface area contributed by atoms with E-state index in [9.17, 15) is 0 Å². The lowest BCUT2D eigenvalue weighted by molar-refractivity contribution is 0.170. The third-order valence-corrected chi connectivity index (χ3v) is 4.95. The molecule has 0 spiro atoms. The van der Waals surface area contributed by atoms with E-state index in [4.69, 9.17) is 9.47 Å². The van der Waals surface area contributed by atoms with Crippen LogP contribution in [0.15, 0.2) is 30.5 Å². The molecule has 7 heteroatoms. The second kappa shape index (κ2) is 8.00. The first-order valence-electron chi connectivity index (χ1n) is 9.55. The molecule has 1 atom stereocenters. The summed E-state index contributed by atoms with van der Waals surface area (Å²) in [6.07, 6.45) is 4.10. The lowest BCUT2D eigenvalue weighted by Crippen LogP contribution is -2.42. The van der Waals surface area contributed by atoms with E-state index in [2.05, 4.69) is 32.3 Å². The molecule has 1 aromatic carbocycles. The summed E-state index contributed by atoms with van der Waals surface area (Å²) in [5, 5.41) is 3.51. The number of piperidine rings is 1. The molecule has 0 saturated carbocycles. The quantitative estimate of drug-likeness (QED) is 0.868. The number of nitrogens with one attached hydrogen (secondary N) is 1. The van der Waals surface area contributed by atoms with Crippen molar-refractivity contribution in [1.29, 1.82) is 0 Å². The normalized spacial score (nSPS) is 19.6. The summed E-state index contributed by atoms with van der Waals surface area (Å²) in [6, 6.07) is 8.53. The first kappa shape index (κ1) is 17.9. The van der Waals surface area contributed by atoms with Crippen molar-refractivity contribution < 1.29 is 9.47 Å². The van der Waals surface area contributed by atoms with Gasteiger partial charge in [0.05, 0.1) is 0 Å². The van der Waals surface area contributed by atoms with Gasteiger partial charge in [0, 0.05) is 39.4 Å². The van der Waals surface area contributed by atoms with Crippen molar-refractivity contribution in [3.05, 3.63) is 36.0 Å². The Morgan fingerprint density at radius 1 is 1.19 bits per heavy atom. The summed E-state index contributed by atoms with van der Waals surface area (Å²) >= 11 is 0. The van der Waals surface area contributed by atoms with E-state index in [0.29, 0.717) is 25.2 Å². The number of likely N-dealkylation sites (tertiary alicyclic amines) is 1. The number of hydrogen-bond acceptors (Lipinski definition) is 7. The van der Waals surface area contributed by atoms with Gasteiger partial charge in [-0.2, -0.15) is 4.98 Å². The molecule has 0 bridgehead atoms. The third-order valence-electron chi connectivity index (χ3n) is 4.95. The van der Waals surface area contributed by atoms with Crippen LogP contribution in [0.1, 0.15) is 18.4 Å². The van der Waals surface area contributed by atoms with Crippen molar-refractivity contribution in [3.8, 4) is 11.5 Å². The zero-order chi connectivity index (χ0) is 18.6. The number of aromatic nitrogens is 2. The van der Waals surface area contributed by atoms with Gasteiger partial charge in [0.2, 0.25) is 5.95 Å². The Labute approximate surface area is 160 Å². The molecule has 1 fully saturated rings. The highest BCUT2D eigenvalue weighted by atomic mass is 16.6. The second-order valence-corrected chi connectivity index (χ2v) is 7.33. The number of nitrogens with zero attached hydrogens (tertiary/aromatic N) is 4. The minimum Gasteiger partial charge on any atom is -0.486 e. The molecule has 0 radical (unpaired) electrons. The van der Waals surface area contributed by atoms with E-state index in [1.54, 1.807) is 6.20 Å². The summed E-state index contributed by atoms with van der Waals surface area (Å²) in [6.45, 7) is 4.24. The molecule has 27 heavy (non-hydrogen) atoms. The fourth-order valence-electron chi connectivity index (χ4n) is 3.61. The van der Waals surface area contributed by atoms with Crippen LogP contribution >= 0.6 is 0 Å². The van der Waals surface area contributed by atoms with Crippen molar-refractivity contribution in [1.82, 2.24) is 14.9 Å². The van der Waals surface area contributed by atoms with Crippen molar-refractivity contribution in [3.63, 3.8) is 0 Å². The van der Waals surface area contributed by atoms with Crippen LogP contribution in [-0.4, -0.2) is 61.3 Å². The fourth-order valence-corrected chi connectivity index (χ4v) is 3.61. The molecular formula is C20H27N5O2. The van der Waals surface area contributed by atoms with E-state index in [0.717, 1.165) is 49.8 Å². The van der Waals surface area contributed by atoms with E-state index in [-0.39, 0.29) is 0 Å². The minimum atomic E-state index is 0.355. The molecule has 3 heterocycles. The van der Waals surface area contributed by atoms with Crippen LogP contribution in [0.2, 0.25) is 0 Å². The average Bonchev–Trinajstić information content (AvgIpc) is 2.68. The molecule has 144 valence electrons. The van der Waals surface area contributed by atoms with Crippen molar-refractivity contribution in [2.24, 2.45) is 0 Å². The Balaban J connectivity index is 1.37. The first-order chi connectivity index (χ1) is 13.2. The van der Waals surface area contributed by atoms with Gasteiger partial charge >= 0.3 is 0 Å². The van der Waals surface area contributed by atoms with Crippen LogP contribution in [-0.2, 0) is 6.54 Å². The Kier molecular flexibility index (Phi) is 5.29. The summed E-state index contributed by atoms with van der Waals surface area (Å²) in [4.78, 5) is 13.4. The largest absolute Gasteiger partial charge is 0.486 e. The zero-order valence-electron chi connectivity index (χ0n) is 16.0. The van der Waals surface area contributed by atoms with Crippen LogP contribution in [0, 0.1) is 0 Å². The van der Waals surface area contributed by atoms with Crippen LogP contribution in [0.3, 0.4) is 0 Å². The number of rotatable bonds is 5. The maximum Gasteiger partial charge on any atom is 0.224 e. The van der Waals surface area contributed by atoms with Crippen LogP contribution in [0.4, 0.5) is 11.8 Å². The molecule has 1 aromatic heterocycles. The summed E-state index contributed by atoms with van der Waals surface area (Å²) in [7, 11) is 3.98. The third kappa shape index (κ3) is 4.42. The minimum absolute atomic E-state index is 0.355. The van der Waals surface area contributed by atoms with Crippen molar-refractivity contribution >= 4 is 11.8 Å². The van der Waals surface area contributed by atoms with Gasteiger partial charge in [-0.25, -0.2) is 4.98 Å². The predicted octanol–water partition coefficient (Wildman–Crippen LogP) is 2.39. The number of ether oxygens (including phenoxy) is 2. The zero-order valence-corrected chi connectivity index (χ0v) is 16.0. The highest BCUT2D eigenvalue weighted by Gasteiger charge is 2.21. The number of anilines is 2. The molecule has 0 amide bonds. The molecule has 0 aliphatic carbocycles. The Bertz CT molecular complexity index is 783. The van der Waals surface area contributed by atoms with Gasteiger partial charge in [-0.1, -0.05) is 6.07 Å².